The highest BCUT2D eigenvalue weighted by atomic mass is 32.2. The molecule has 9 heteroatoms. The number of alkyl halides is 3. The molecule has 0 unspecified atom stereocenters. The number of rotatable bonds is 7. The smallest absolute Gasteiger partial charge is 0.433 e. The predicted octanol–water partition coefficient (Wildman–Crippen LogP) is 4.15. The van der Waals surface area contributed by atoms with Crippen molar-refractivity contribution in [1.82, 2.24) is 15.3 Å². The van der Waals surface area contributed by atoms with Crippen LogP contribution in [0.15, 0.2) is 34.0 Å². The van der Waals surface area contributed by atoms with E-state index < -0.39 is 11.9 Å². The first kappa shape index (κ1) is 19.3. The number of carbonyl (C=O) groups is 1. The van der Waals surface area contributed by atoms with Crippen LogP contribution in [0, 0.1) is 0 Å². The maximum atomic E-state index is 13.0. The van der Waals surface area contributed by atoms with Crippen LogP contribution in [0.4, 0.5) is 13.2 Å². The van der Waals surface area contributed by atoms with Gasteiger partial charge in [-0.25, -0.2) is 9.97 Å². The van der Waals surface area contributed by atoms with Crippen molar-refractivity contribution >= 4 is 17.7 Å². The van der Waals surface area contributed by atoms with E-state index in [9.17, 15) is 18.0 Å². The lowest BCUT2D eigenvalue weighted by atomic mass is 10.2. The monoisotopic (exact) mass is 373 g/mol. The summed E-state index contributed by atoms with van der Waals surface area (Å²) in [6, 6.07) is 4.00. The molecule has 2 rings (SSSR count). The van der Waals surface area contributed by atoms with Crippen LogP contribution in [0.2, 0.25) is 0 Å². The summed E-state index contributed by atoms with van der Waals surface area (Å²) in [5.74, 6) is 0.352. The topological polar surface area (TPSA) is 68.0 Å². The van der Waals surface area contributed by atoms with Crippen LogP contribution in [0.25, 0.3) is 11.5 Å². The Hall–Kier alpha value is -2.03. The van der Waals surface area contributed by atoms with Crippen molar-refractivity contribution in [3.63, 3.8) is 0 Å². The number of thioether (sulfide) groups is 1. The molecule has 0 saturated carbocycles. The summed E-state index contributed by atoms with van der Waals surface area (Å²) in [5, 5.41) is 2.75. The van der Waals surface area contributed by atoms with Gasteiger partial charge in [0.15, 0.2) is 10.9 Å². The molecule has 2 heterocycles. The van der Waals surface area contributed by atoms with E-state index >= 15 is 0 Å². The molecule has 0 aliphatic carbocycles. The van der Waals surface area contributed by atoms with Crippen molar-refractivity contribution in [2.45, 2.75) is 44.1 Å². The van der Waals surface area contributed by atoms with Crippen molar-refractivity contribution in [2.75, 3.05) is 5.75 Å². The first-order valence-electron chi connectivity index (χ1n) is 7.72. The van der Waals surface area contributed by atoms with Crippen LogP contribution in [0.5, 0.6) is 0 Å². The Morgan fingerprint density at radius 3 is 2.76 bits per heavy atom. The molecular formula is C16H18F3N3O2S. The van der Waals surface area contributed by atoms with Crippen LogP contribution < -0.4 is 5.32 Å². The van der Waals surface area contributed by atoms with Crippen molar-refractivity contribution < 1.29 is 22.4 Å². The number of carbonyl (C=O) groups excluding carboxylic acids is 1. The van der Waals surface area contributed by atoms with Gasteiger partial charge in [-0.3, -0.25) is 4.79 Å². The van der Waals surface area contributed by atoms with E-state index in [1.165, 1.54) is 12.3 Å². The first-order valence-corrected chi connectivity index (χ1v) is 8.70. The van der Waals surface area contributed by atoms with Gasteiger partial charge < -0.3 is 9.73 Å². The maximum Gasteiger partial charge on any atom is 0.433 e. The molecule has 1 amide bonds. The van der Waals surface area contributed by atoms with E-state index in [0.29, 0.717) is 0 Å². The fourth-order valence-electron chi connectivity index (χ4n) is 1.87. The minimum atomic E-state index is -4.59. The Kier molecular flexibility index (Phi) is 6.46. The third-order valence-corrected chi connectivity index (χ3v) is 4.20. The first-order chi connectivity index (χ1) is 11.8. The zero-order valence-electron chi connectivity index (χ0n) is 13.8. The summed E-state index contributed by atoms with van der Waals surface area (Å²) in [6.45, 7) is 3.84. The normalized spacial score (nSPS) is 12.8. The standard InChI is InChI=1S/C16H18F3N3O2S/c1-3-10(2)20-14(23)6-8-25-15-21-11(12-5-4-7-24-12)9-13(22-15)16(17,18)19/h4-5,7,9-10H,3,6,8H2,1-2H3,(H,20,23)/t10-/m1/s1. The van der Waals surface area contributed by atoms with E-state index in [1.807, 2.05) is 13.8 Å². The van der Waals surface area contributed by atoms with Crippen LogP contribution in [0.3, 0.4) is 0 Å². The molecule has 0 bridgehead atoms. The van der Waals surface area contributed by atoms with Crippen molar-refractivity contribution in [3.8, 4) is 11.5 Å². The van der Waals surface area contributed by atoms with E-state index in [2.05, 4.69) is 15.3 Å². The molecule has 1 atom stereocenters. The molecule has 2 aromatic heterocycles. The van der Waals surface area contributed by atoms with E-state index in [1.54, 1.807) is 6.07 Å². The molecule has 0 aromatic carbocycles. The number of furan rings is 1. The fraction of sp³-hybridized carbons (Fsp3) is 0.438. The van der Waals surface area contributed by atoms with E-state index in [0.717, 1.165) is 24.2 Å². The third kappa shape index (κ3) is 5.77. The Bertz CT molecular complexity index is 705. The highest BCUT2D eigenvalue weighted by Crippen LogP contribution is 2.32. The third-order valence-electron chi connectivity index (χ3n) is 3.35. The lowest BCUT2D eigenvalue weighted by molar-refractivity contribution is -0.141. The summed E-state index contributed by atoms with van der Waals surface area (Å²) in [7, 11) is 0. The van der Waals surface area contributed by atoms with Crippen molar-refractivity contribution in [1.29, 1.82) is 0 Å². The average molecular weight is 373 g/mol. The molecule has 0 radical (unpaired) electrons. The highest BCUT2D eigenvalue weighted by Gasteiger charge is 2.34. The number of nitrogens with one attached hydrogen (secondary N) is 1. The number of hydrogen-bond donors (Lipinski definition) is 1. The Morgan fingerprint density at radius 2 is 2.16 bits per heavy atom. The molecule has 5 nitrogen and oxygen atoms in total. The Balaban J connectivity index is 2.09. The summed E-state index contributed by atoms with van der Waals surface area (Å²) < 4.78 is 44.2. The Labute approximate surface area is 147 Å². The van der Waals surface area contributed by atoms with Gasteiger partial charge in [-0.15, -0.1) is 0 Å². The molecule has 0 aliphatic heterocycles. The average Bonchev–Trinajstić information content (AvgIpc) is 3.08. The number of nitrogens with zero attached hydrogens (tertiary/aromatic N) is 2. The number of amides is 1. The molecule has 0 fully saturated rings. The second kappa shape index (κ2) is 8.37. The fourth-order valence-corrected chi connectivity index (χ4v) is 2.67. The predicted molar refractivity (Wildman–Crippen MR) is 88.0 cm³/mol. The van der Waals surface area contributed by atoms with Crippen molar-refractivity contribution in [3.05, 3.63) is 30.2 Å². The lowest BCUT2D eigenvalue weighted by Crippen LogP contribution is -2.32. The number of halogens is 3. The summed E-state index contributed by atoms with van der Waals surface area (Å²) >= 11 is 1.00. The molecule has 1 N–H and O–H groups in total. The molecule has 0 spiro atoms. The zero-order valence-corrected chi connectivity index (χ0v) is 14.6. The molecule has 2 aromatic rings. The second-order valence-electron chi connectivity index (χ2n) is 5.37. The molecule has 25 heavy (non-hydrogen) atoms. The van der Waals surface area contributed by atoms with Crippen molar-refractivity contribution in [2.24, 2.45) is 0 Å². The minimum absolute atomic E-state index is 0.0439. The summed E-state index contributed by atoms with van der Waals surface area (Å²) in [6.07, 6.45) is -2.25. The van der Waals surface area contributed by atoms with Gasteiger partial charge in [0.1, 0.15) is 11.4 Å². The van der Waals surface area contributed by atoms with E-state index in [-0.39, 0.29) is 40.7 Å². The lowest BCUT2D eigenvalue weighted by Gasteiger charge is -2.11. The van der Waals surface area contributed by atoms with Gasteiger partial charge in [0, 0.05) is 18.2 Å². The van der Waals surface area contributed by atoms with Gasteiger partial charge in [0.25, 0.3) is 0 Å². The largest absolute Gasteiger partial charge is 0.463 e. The van der Waals surface area contributed by atoms with Crippen LogP contribution in [0.1, 0.15) is 32.4 Å². The summed E-state index contributed by atoms with van der Waals surface area (Å²) in [4.78, 5) is 19.4. The minimum Gasteiger partial charge on any atom is -0.463 e. The van der Waals surface area contributed by atoms with Crippen LogP contribution in [-0.2, 0) is 11.0 Å². The van der Waals surface area contributed by atoms with Crippen LogP contribution >= 0.6 is 11.8 Å². The maximum absolute atomic E-state index is 13.0. The number of hydrogen-bond acceptors (Lipinski definition) is 5. The quantitative estimate of drug-likeness (QED) is 0.583. The SMILES string of the molecule is CC[C@@H](C)NC(=O)CCSc1nc(-c2ccco2)cc(C(F)(F)F)n1. The van der Waals surface area contributed by atoms with Gasteiger partial charge in [-0.1, -0.05) is 18.7 Å². The number of aromatic nitrogens is 2. The van der Waals surface area contributed by atoms with Gasteiger partial charge in [-0.2, -0.15) is 13.2 Å². The highest BCUT2D eigenvalue weighted by molar-refractivity contribution is 7.99. The molecule has 0 aliphatic rings. The zero-order chi connectivity index (χ0) is 18.4. The Morgan fingerprint density at radius 1 is 1.40 bits per heavy atom. The van der Waals surface area contributed by atoms with Gasteiger partial charge in [0.05, 0.1) is 6.26 Å². The summed E-state index contributed by atoms with van der Waals surface area (Å²) in [5.41, 5.74) is -0.987. The van der Waals surface area contributed by atoms with Gasteiger partial charge in [0.2, 0.25) is 5.91 Å². The van der Waals surface area contributed by atoms with Gasteiger partial charge >= 0.3 is 6.18 Å². The van der Waals surface area contributed by atoms with E-state index in [4.69, 9.17) is 4.42 Å². The molecule has 0 saturated heterocycles. The van der Waals surface area contributed by atoms with Gasteiger partial charge in [-0.05, 0) is 31.5 Å². The molecule has 136 valence electrons. The molecular weight excluding hydrogens is 355 g/mol. The second-order valence-corrected chi connectivity index (χ2v) is 6.43. The van der Waals surface area contributed by atoms with Crippen LogP contribution in [-0.4, -0.2) is 27.7 Å².